The second-order valence-corrected chi connectivity index (χ2v) is 11.5. The molecule has 2 heteroatoms. The molecule has 8 rings (SSSR count). The SMILES string of the molecule is CC1(C)c2ccccc2-c2ccc(Nc3ccc4c(c3)c3c5ccccc5ccc3n4C3C=CC=CC3)cc21. The summed E-state index contributed by atoms with van der Waals surface area (Å²) >= 11 is 0. The highest BCUT2D eigenvalue weighted by molar-refractivity contribution is 6.21. The Kier molecular flexibility index (Phi) is 4.73. The van der Waals surface area contributed by atoms with Gasteiger partial charge in [-0.1, -0.05) is 98.8 Å². The fourth-order valence-electron chi connectivity index (χ4n) is 6.96. The standard InChI is InChI=1S/C37H30N2/c1-37(2)32-15-9-8-14-29(32)30-19-17-26(23-33(30)37)38-25-18-21-34-31(22-25)36-28-13-7-6-10-24(28)16-20-35(36)39(34)27-11-4-3-5-12-27/h3-11,13-23,27,38H,12H2,1-2H3. The average molecular weight is 503 g/mol. The summed E-state index contributed by atoms with van der Waals surface area (Å²) in [5, 5.41) is 8.97. The molecule has 0 aliphatic heterocycles. The van der Waals surface area contributed by atoms with Gasteiger partial charge in [-0.05, 0) is 75.8 Å². The quantitative estimate of drug-likeness (QED) is 0.255. The molecule has 1 heterocycles. The molecule has 1 unspecified atom stereocenters. The minimum Gasteiger partial charge on any atom is -0.355 e. The van der Waals surface area contributed by atoms with Crippen LogP contribution in [0.15, 0.2) is 121 Å². The average Bonchev–Trinajstić information content (AvgIpc) is 3.42. The first-order valence-electron chi connectivity index (χ1n) is 13.9. The predicted octanol–water partition coefficient (Wildman–Crippen LogP) is 10.1. The lowest BCUT2D eigenvalue weighted by Gasteiger charge is -2.22. The van der Waals surface area contributed by atoms with Crippen LogP contribution in [0.4, 0.5) is 11.4 Å². The van der Waals surface area contributed by atoms with Crippen molar-refractivity contribution in [3.8, 4) is 11.1 Å². The second kappa shape index (κ2) is 8.22. The van der Waals surface area contributed by atoms with Crippen molar-refractivity contribution in [2.24, 2.45) is 0 Å². The zero-order valence-corrected chi connectivity index (χ0v) is 22.3. The molecule has 2 nitrogen and oxygen atoms in total. The molecule has 0 radical (unpaired) electrons. The largest absolute Gasteiger partial charge is 0.355 e. The van der Waals surface area contributed by atoms with E-state index >= 15 is 0 Å². The molecule has 0 saturated heterocycles. The number of hydrogen-bond acceptors (Lipinski definition) is 1. The van der Waals surface area contributed by atoms with Crippen molar-refractivity contribution >= 4 is 44.0 Å². The normalized spacial score (nSPS) is 17.1. The first-order chi connectivity index (χ1) is 19.1. The van der Waals surface area contributed by atoms with Crippen molar-refractivity contribution in [3.63, 3.8) is 0 Å². The number of fused-ring (bicyclic) bond motifs is 8. The van der Waals surface area contributed by atoms with Crippen LogP contribution < -0.4 is 5.32 Å². The van der Waals surface area contributed by atoms with E-state index in [1.54, 1.807) is 0 Å². The van der Waals surface area contributed by atoms with E-state index in [4.69, 9.17) is 0 Å². The third-order valence-corrected chi connectivity index (χ3v) is 8.85. The van der Waals surface area contributed by atoms with Gasteiger partial charge in [0.05, 0.1) is 11.6 Å². The summed E-state index contributed by atoms with van der Waals surface area (Å²) in [6.07, 6.45) is 9.93. The van der Waals surface area contributed by atoms with Gasteiger partial charge in [-0.15, -0.1) is 0 Å². The van der Waals surface area contributed by atoms with Gasteiger partial charge in [-0.2, -0.15) is 0 Å². The lowest BCUT2D eigenvalue weighted by Crippen LogP contribution is -2.15. The number of anilines is 2. The maximum Gasteiger partial charge on any atom is 0.0560 e. The highest BCUT2D eigenvalue weighted by Gasteiger charge is 2.35. The Balaban J connectivity index is 1.28. The molecule has 0 fully saturated rings. The highest BCUT2D eigenvalue weighted by atomic mass is 15.0. The molecule has 1 N–H and O–H groups in total. The minimum absolute atomic E-state index is 0.0120. The summed E-state index contributed by atoms with van der Waals surface area (Å²) in [4.78, 5) is 0. The van der Waals surface area contributed by atoms with E-state index in [9.17, 15) is 0 Å². The maximum absolute atomic E-state index is 3.76. The summed E-state index contributed by atoms with van der Waals surface area (Å²) < 4.78 is 2.52. The van der Waals surface area contributed by atoms with Crippen LogP contribution in [0.1, 0.15) is 37.4 Å². The van der Waals surface area contributed by atoms with Crippen LogP contribution in [-0.2, 0) is 5.41 Å². The molecule has 6 aromatic rings. The van der Waals surface area contributed by atoms with Crippen molar-refractivity contribution in [1.29, 1.82) is 0 Å². The first kappa shape index (κ1) is 22.4. The molecule has 0 amide bonds. The maximum atomic E-state index is 3.76. The topological polar surface area (TPSA) is 17.0 Å². The Morgan fingerprint density at radius 3 is 2.36 bits per heavy atom. The van der Waals surface area contributed by atoms with Crippen LogP contribution in [0.2, 0.25) is 0 Å². The number of hydrogen-bond donors (Lipinski definition) is 1. The molecule has 1 atom stereocenters. The third kappa shape index (κ3) is 3.28. The van der Waals surface area contributed by atoms with Gasteiger partial charge in [0.1, 0.15) is 0 Å². The van der Waals surface area contributed by atoms with Gasteiger partial charge < -0.3 is 9.88 Å². The Labute approximate surface area is 228 Å². The van der Waals surface area contributed by atoms with Crippen LogP contribution in [0, 0.1) is 0 Å². The van der Waals surface area contributed by atoms with Crippen molar-refractivity contribution in [2.75, 3.05) is 5.32 Å². The summed E-state index contributed by atoms with van der Waals surface area (Å²) in [6, 6.07) is 36.2. The number of allylic oxidation sites excluding steroid dienone is 4. The Morgan fingerprint density at radius 1 is 0.692 bits per heavy atom. The number of rotatable bonds is 3. The van der Waals surface area contributed by atoms with E-state index < -0.39 is 0 Å². The molecule has 5 aromatic carbocycles. The van der Waals surface area contributed by atoms with Crippen LogP contribution in [0.25, 0.3) is 43.7 Å². The van der Waals surface area contributed by atoms with Gasteiger partial charge in [-0.25, -0.2) is 0 Å². The van der Waals surface area contributed by atoms with Crippen LogP contribution in [0.3, 0.4) is 0 Å². The Morgan fingerprint density at radius 2 is 1.46 bits per heavy atom. The fourth-order valence-corrected chi connectivity index (χ4v) is 6.96. The van der Waals surface area contributed by atoms with E-state index in [1.165, 1.54) is 54.8 Å². The van der Waals surface area contributed by atoms with E-state index in [0.29, 0.717) is 6.04 Å². The molecule has 2 aliphatic carbocycles. The zero-order valence-electron chi connectivity index (χ0n) is 22.3. The van der Waals surface area contributed by atoms with Crippen LogP contribution in [0.5, 0.6) is 0 Å². The van der Waals surface area contributed by atoms with Crippen LogP contribution in [-0.4, -0.2) is 4.57 Å². The van der Waals surface area contributed by atoms with E-state index in [0.717, 1.165) is 17.8 Å². The highest BCUT2D eigenvalue weighted by Crippen LogP contribution is 2.49. The van der Waals surface area contributed by atoms with Crippen molar-refractivity contribution in [1.82, 2.24) is 4.57 Å². The Hall–Kier alpha value is -4.56. The molecule has 0 bridgehead atoms. The summed E-state index contributed by atoms with van der Waals surface area (Å²) in [5.74, 6) is 0. The molecular formula is C37H30N2. The minimum atomic E-state index is -0.0120. The number of benzene rings is 5. The van der Waals surface area contributed by atoms with Crippen LogP contribution >= 0.6 is 0 Å². The van der Waals surface area contributed by atoms with Crippen molar-refractivity contribution in [3.05, 3.63) is 132 Å². The second-order valence-electron chi connectivity index (χ2n) is 11.5. The van der Waals surface area contributed by atoms with E-state index in [1.807, 2.05) is 0 Å². The monoisotopic (exact) mass is 502 g/mol. The van der Waals surface area contributed by atoms with E-state index in [2.05, 4.69) is 145 Å². The number of nitrogens with one attached hydrogen (secondary N) is 1. The molecule has 39 heavy (non-hydrogen) atoms. The summed E-state index contributed by atoms with van der Waals surface area (Å²) in [5.41, 5.74) is 10.3. The lowest BCUT2D eigenvalue weighted by atomic mass is 9.82. The van der Waals surface area contributed by atoms with Gasteiger partial charge in [-0.3, -0.25) is 0 Å². The third-order valence-electron chi connectivity index (χ3n) is 8.85. The smallest absolute Gasteiger partial charge is 0.0560 e. The molecule has 0 saturated carbocycles. The summed E-state index contributed by atoms with van der Waals surface area (Å²) in [6.45, 7) is 4.67. The molecule has 188 valence electrons. The van der Waals surface area contributed by atoms with Gasteiger partial charge in [0.15, 0.2) is 0 Å². The molecular weight excluding hydrogens is 472 g/mol. The first-order valence-corrected chi connectivity index (χ1v) is 13.9. The van der Waals surface area contributed by atoms with Gasteiger partial charge in [0.25, 0.3) is 0 Å². The zero-order chi connectivity index (χ0) is 26.1. The van der Waals surface area contributed by atoms with Crippen molar-refractivity contribution in [2.45, 2.75) is 31.7 Å². The number of aromatic nitrogens is 1. The number of nitrogens with zero attached hydrogens (tertiary/aromatic N) is 1. The van der Waals surface area contributed by atoms with Gasteiger partial charge >= 0.3 is 0 Å². The predicted molar refractivity (Wildman–Crippen MR) is 166 cm³/mol. The fraction of sp³-hybridized carbons (Fsp3) is 0.135. The van der Waals surface area contributed by atoms with Gasteiger partial charge in [0.2, 0.25) is 0 Å². The summed E-state index contributed by atoms with van der Waals surface area (Å²) in [7, 11) is 0. The Bertz CT molecular complexity index is 2000. The van der Waals surface area contributed by atoms with Gasteiger partial charge in [0, 0.05) is 33.1 Å². The molecule has 0 spiro atoms. The van der Waals surface area contributed by atoms with Crippen molar-refractivity contribution < 1.29 is 0 Å². The lowest BCUT2D eigenvalue weighted by molar-refractivity contribution is 0.648. The van der Waals surface area contributed by atoms with E-state index in [-0.39, 0.29) is 5.41 Å². The molecule has 1 aromatic heterocycles. The molecule has 2 aliphatic rings.